The first-order valence-corrected chi connectivity index (χ1v) is 9.47. The Morgan fingerprint density at radius 2 is 2.05 bits per heavy atom. The van der Waals surface area contributed by atoms with Gasteiger partial charge in [-0.05, 0) is 31.4 Å². The zero-order valence-corrected chi connectivity index (χ0v) is 13.6. The smallest absolute Gasteiger partial charge is 0.272 e. The highest BCUT2D eigenvalue weighted by molar-refractivity contribution is 7.91. The van der Waals surface area contributed by atoms with Gasteiger partial charge in [0.15, 0.2) is 9.84 Å². The van der Waals surface area contributed by atoms with E-state index in [0.29, 0.717) is 12.1 Å². The summed E-state index contributed by atoms with van der Waals surface area (Å²) in [5.41, 5.74) is 1.41. The second-order valence-electron chi connectivity index (χ2n) is 6.07. The van der Waals surface area contributed by atoms with Crippen LogP contribution < -0.4 is 4.90 Å². The Bertz CT molecular complexity index is 651. The number of nitrogens with zero attached hydrogens (tertiary/aromatic N) is 3. The van der Waals surface area contributed by atoms with Gasteiger partial charge in [0.25, 0.3) is 5.91 Å². The van der Waals surface area contributed by atoms with Gasteiger partial charge in [0.1, 0.15) is 5.69 Å². The fraction of sp³-hybridized carbons (Fsp3) is 0.600. The molecule has 0 saturated carbocycles. The summed E-state index contributed by atoms with van der Waals surface area (Å²) in [5.74, 6) is 0.00706. The van der Waals surface area contributed by atoms with Crippen molar-refractivity contribution in [1.29, 1.82) is 0 Å². The highest BCUT2D eigenvalue weighted by atomic mass is 32.2. The van der Waals surface area contributed by atoms with Crippen molar-refractivity contribution in [3.05, 3.63) is 24.0 Å². The molecule has 6 nitrogen and oxygen atoms in total. The van der Waals surface area contributed by atoms with E-state index in [4.69, 9.17) is 0 Å². The van der Waals surface area contributed by atoms with Crippen LogP contribution in [0.3, 0.4) is 0 Å². The van der Waals surface area contributed by atoms with Crippen molar-refractivity contribution >= 4 is 21.4 Å². The van der Waals surface area contributed by atoms with Gasteiger partial charge in [-0.15, -0.1) is 0 Å². The van der Waals surface area contributed by atoms with Gasteiger partial charge in [0.2, 0.25) is 0 Å². The van der Waals surface area contributed by atoms with Crippen molar-refractivity contribution in [1.82, 2.24) is 9.88 Å². The molecular formula is C15H21N3O3S. The molecule has 1 aromatic rings. The number of carbonyl (C=O) groups excluding carboxylic acids is 1. The number of rotatable bonds is 3. The van der Waals surface area contributed by atoms with Crippen LogP contribution in [0.25, 0.3) is 0 Å². The minimum atomic E-state index is -2.99. The Hall–Kier alpha value is -1.63. The van der Waals surface area contributed by atoms with Crippen molar-refractivity contribution in [3.8, 4) is 0 Å². The molecular weight excluding hydrogens is 302 g/mol. The second kappa shape index (κ2) is 5.87. The van der Waals surface area contributed by atoms with Gasteiger partial charge >= 0.3 is 0 Å². The molecule has 22 heavy (non-hydrogen) atoms. The third kappa shape index (κ3) is 3.09. The van der Waals surface area contributed by atoms with E-state index in [1.807, 2.05) is 6.07 Å². The minimum Gasteiger partial charge on any atom is -0.370 e. The van der Waals surface area contributed by atoms with Gasteiger partial charge in [0.05, 0.1) is 23.4 Å². The summed E-state index contributed by atoms with van der Waals surface area (Å²) in [4.78, 5) is 20.5. The average Bonchev–Trinajstić information content (AvgIpc) is 3.15. The second-order valence-corrected chi connectivity index (χ2v) is 8.30. The van der Waals surface area contributed by atoms with Gasteiger partial charge in [-0.25, -0.2) is 13.4 Å². The van der Waals surface area contributed by atoms with Gasteiger partial charge in [0, 0.05) is 26.2 Å². The third-order valence-corrected chi connectivity index (χ3v) is 6.27. The lowest BCUT2D eigenvalue weighted by Crippen LogP contribution is -2.38. The van der Waals surface area contributed by atoms with Crippen molar-refractivity contribution < 1.29 is 13.2 Å². The Morgan fingerprint density at radius 1 is 1.32 bits per heavy atom. The maximum absolute atomic E-state index is 12.4. The van der Waals surface area contributed by atoms with Gasteiger partial charge < -0.3 is 9.80 Å². The van der Waals surface area contributed by atoms with Gasteiger partial charge in [-0.1, -0.05) is 0 Å². The first-order chi connectivity index (χ1) is 10.5. The molecule has 2 aliphatic heterocycles. The molecule has 1 unspecified atom stereocenters. The van der Waals surface area contributed by atoms with Crippen LogP contribution in [0.5, 0.6) is 0 Å². The number of aromatic nitrogens is 1. The number of hydrogen-bond acceptors (Lipinski definition) is 5. The number of sulfone groups is 1. The standard InChI is InChI=1S/C15H21N3O3S/c1-17(13-6-9-22(20,21)11-13)15(19)14-5-4-12(10-16-14)18-7-2-3-8-18/h4-5,10,13H,2-3,6-9,11H2,1H3. The van der Waals surface area contributed by atoms with Crippen molar-refractivity contribution in [2.24, 2.45) is 0 Å². The molecule has 3 rings (SSSR count). The predicted octanol–water partition coefficient (Wildman–Crippen LogP) is 0.941. The van der Waals surface area contributed by atoms with E-state index in [2.05, 4.69) is 9.88 Å². The highest BCUT2D eigenvalue weighted by Gasteiger charge is 2.33. The van der Waals surface area contributed by atoms with Crippen molar-refractivity contribution in [2.45, 2.75) is 25.3 Å². The summed E-state index contributed by atoms with van der Waals surface area (Å²) in [6.07, 6.45) is 4.63. The average molecular weight is 323 g/mol. The van der Waals surface area contributed by atoms with Crippen LogP contribution in [-0.2, 0) is 9.84 Å². The number of pyridine rings is 1. The topological polar surface area (TPSA) is 70.6 Å². The molecule has 2 saturated heterocycles. The van der Waals surface area contributed by atoms with Crippen LogP contribution in [0.1, 0.15) is 29.8 Å². The molecule has 120 valence electrons. The fourth-order valence-electron chi connectivity index (χ4n) is 3.10. The Kier molecular flexibility index (Phi) is 4.08. The number of hydrogen-bond donors (Lipinski definition) is 0. The Balaban J connectivity index is 1.69. The van der Waals surface area contributed by atoms with Crippen LogP contribution in [0, 0.1) is 0 Å². The molecule has 2 fully saturated rings. The van der Waals surface area contributed by atoms with E-state index in [1.165, 1.54) is 17.7 Å². The van der Waals surface area contributed by atoms with Crippen molar-refractivity contribution in [2.75, 3.05) is 36.5 Å². The molecule has 0 N–H and O–H groups in total. The summed E-state index contributed by atoms with van der Waals surface area (Å²) in [5, 5.41) is 0. The maximum Gasteiger partial charge on any atom is 0.272 e. The highest BCUT2D eigenvalue weighted by Crippen LogP contribution is 2.21. The molecule has 3 heterocycles. The lowest BCUT2D eigenvalue weighted by atomic mass is 10.2. The van der Waals surface area contributed by atoms with Gasteiger partial charge in [-0.2, -0.15) is 0 Å². The van der Waals surface area contributed by atoms with E-state index in [9.17, 15) is 13.2 Å². The quantitative estimate of drug-likeness (QED) is 0.828. The van der Waals surface area contributed by atoms with Gasteiger partial charge in [-0.3, -0.25) is 4.79 Å². The van der Waals surface area contributed by atoms with E-state index in [1.54, 1.807) is 19.3 Å². The zero-order chi connectivity index (χ0) is 15.7. The molecule has 1 atom stereocenters. The van der Waals surface area contributed by atoms with Crippen LogP contribution in [0.15, 0.2) is 18.3 Å². The molecule has 0 aromatic carbocycles. The SMILES string of the molecule is CN(C(=O)c1ccc(N2CCCC2)cn1)C1CCS(=O)(=O)C1. The first-order valence-electron chi connectivity index (χ1n) is 7.65. The number of carbonyl (C=O) groups is 1. The third-order valence-electron chi connectivity index (χ3n) is 4.51. The van der Waals surface area contributed by atoms with Crippen LogP contribution in [0.2, 0.25) is 0 Å². The number of amides is 1. The largest absolute Gasteiger partial charge is 0.370 e. The van der Waals surface area contributed by atoms with Crippen LogP contribution >= 0.6 is 0 Å². The molecule has 0 aliphatic carbocycles. The summed E-state index contributed by atoms with van der Waals surface area (Å²) in [6.45, 7) is 2.07. The molecule has 2 aliphatic rings. The van der Waals surface area contributed by atoms with E-state index >= 15 is 0 Å². The first kappa shape index (κ1) is 15.3. The van der Waals surface area contributed by atoms with Crippen molar-refractivity contribution in [3.63, 3.8) is 0 Å². The maximum atomic E-state index is 12.4. The molecule has 1 amide bonds. The lowest BCUT2D eigenvalue weighted by molar-refractivity contribution is 0.0742. The molecule has 0 spiro atoms. The molecule has 0 bridgehead atoms. The van der Waals surface area contributed by atoms with E-state index in [-0.39, 0.29) is 23.5 Å². The molecule has 0 radical (unpaired) electrons. The normalized spacial score (nSPS) is 23.7. The van der Waals surface area contributed by atoms with Crippen LogP contribution in [0.4, 0.5) is 5.69 Å². The van der Waals surface area contributed by atoms with E-state index in [0.717, 1.165) is 18.8 Å². The van der Waals surface area contributed by atoms with Crippen LogP contribution in [-0.4, -0.2) is 61.9 Å². The lowest BCUT2D eigenvalue weighted by Gasteiger charge is -2.23. The summed E-state index contributed by atoms with van der Waals surface area (Å²) in [7, 11) is -1.34. The molecule has 7 heteroatoms. The fourth-order valence-corrected chi connectivity index (χ4v) is 4.88. The number of anilines is 1. The van der Waals surface area contributed by atoms with E-state index < -0.39 is 9.84 Å². The minimum absolute atomic E-state index is 0.0566. The monoisotopic (exact) mass is 323 g/mol. The summed E-state index contributed by atoms with van der Waals surface area (Å²) < 4.78 is 23.1. The zero-order valence-electron chi connectivity index (χ0n) is 12.7. The predicted molar refractivity (Wildman–Crippen MR) is 84.8 cm³/mol. The Morgan fingerprint density at radius 3 is 2.59 bits per heavy atom. The Labute approximate surface area is 131 Å². The molecule has 1 aromatic heterocycles. The summed E-state index contributed by atoms with van der Waals surface area (Å²) >= 11 is 0. The summed E-state index contributed by atoms with van der Waals surface area (Å²) in [6, 6.07) is 3.42.